The summed E-state index contributed by atoms with van der Waals surface area (Å²) in [5.41, 5.74) is -0.130. The lowest BCUT2D eigenvalue weighted by Gasteiger charge is -2.37. The molecule has 11 heteroatoms. The van der Waals surface area contributed by atoms with E-state index < -0.39 is 28.0 Å². The highest BCUT2D eigenvalue weighted by atomic mass is 32.2. The third-order valence-electron chi connectivity index (χ3n) is 4.18. The van der Waals surface area contributed by atoms with E-state index in [0.717, 1.165) is 12.3 Å². The van der Waals surface area contributed by atoms with Crippen LogP contribution in [-0.4, -0.2) is 46.7 Å². The van der Waals surface area contributed by atoms with Crippen molar-refractivity contribution in [2.24, 2.45) is 7.05 Å². The van der Waals surface area contributed by atoms with Crippen LogP contribution in [0.15, 0.2) is 23.2 Å². The van der Waals surface area contributed by atoms with Crippen molar-refractivity contribution in [3.05, 3.63) is 35.4 Å². The van der Waals surface area contributed by atoms with Crippen LogP contribution in [0.5, 0.6) is 5.75 Å². The summed E-state index contributed by atoms with van der Waals surface area (Å²) in [7, 11) is -2.06. The van der Waals surface area contributed by atoms with Gasteiger partial charge in [0.1, 0.15) is 22.4 Å². The number of sulfonamides is 1. The lowest BCUT2D eigenvalue weighted by Crippen LogP contribution is -2.56. The quantitative estimate of drug-likeness (QED) is 0.797. The van der Waals surface area contributed by atoms with Crippen LogP contribution in [0.4, 0.5) is 13.2 Å². The van der Waals surface area contributed by atoms with Crippen LogP contribution in [-0.2, 0) is 23.2 Å². The number of ether oxygens (including phenoxy) is 1. The van der Waals surface area contributed by atoms with Gasteiger partial charge in [-0.25, -0.2) is 8.42 Å². The molecule has 0 amide bonds. The first-order valence-electron chi connectivity index (χ1n) is 7.70. The van der Waals surface area contributed by atoms with Gasteiger partial charge < -0.3 is 4.74 Å². The van der Waals surface area contributed by atoms with E-state index in [-0.39, 0.29) is 23.7 Å². The molecule has 2 aromatic rings. The molecular formula is C15H17F3N4O3S. The highest BCUT2D eigenvalue weighted by Gasteiger charge is 2.41. The van der Waals surface area contributed by atoms with Crippen LogP contribution in [0.1, 0.15) is 17.1 Å². The summed E-state index contributed by atoms with van der Waals surface area (Å²) < 4.78 is 71.6. The first-order valence-corrected chi connectivity index (χ1v) is 9.14. The number of hydrogen-bond acceptors (Lipinski definition) is 5. The lowest BCUT2D eigenvalue weighted by atomic mass is 10.2. The first kappa shape index (κ1) is 18.6. The summed E-state index contributed by atoms with van der Waals surface area (Å²) >= 11 is 0. The van der Waals surface area contributed by atoms with Gasteiger partial charge >= 0.3 is 6.18 Å². The molecule has 1 fully saturated rings. The Hall–Kier alpha value is -2.14. The Bertz CT molecular complexity index is 934. The molecule has 1 aliphatic rings. The number of pyridine rings is 1. The lowest BCUT2D eigenvalue weighted by molar-refractivity contribution is -0.141. The fraction of sp³-hybridized carbons (Fsp3) is 0.467. The van der Waals surface area contributed by atoms with Crippen LogP contribution in [0.25, 0.3) is 0 Å². The topological polar surface area (TPSA) is 77.3 Å². The minimum atomic E-state index is -4.57. The average Bonchev–Trinajstić information content (AvgIpc) is 2.75. The molecule has 0 saturated carbocycles. The smallest absolute Gasteiger partial charge is 0.433 e. The predicted molar refractivity (Wildman–Crippen MR) is 85.1 cm³/mol. The number of aromatic nitrogens is 3. The molecule has 3 rings (SSSR count). The summed E-state index contributed by atoms with van der Waals surface area (Å²) in [5.74, 6) is 0.00288. The molecule has 0 aromatic carbocycles. The van der Waals surface area contributed by atoms with Crippen LogP contribution < -0.4 is 4.74 Å². The fourth-order valence-electron chi connectivity index (χ4n) is 2.76. The van der Waals surface area contributed by atoms with Crippen molar-refractivity contribution in [2.45, 2.75) is 31.0 Å². The molecule has 0 spiro atoms. The van der Waals surface area contributed by atoms with Crippen LogP contribution in [0.3, 0.4) is 0 Å². The molecule has 0 atom stereocenters. The van der Waals surface area contributed by atoms with E-state index in [1.807, 2.05) is 0 Å². The Morgan fingerprint density at radius 2 is 1.92 bits per heavy atom. The normalized spacial score (nSPS) is 16.5. The van der Waals surface area contributed by atoms with Crippen molar-refractivity contribution in [1.82, 2.24) is 19.1 Å². The first-order chi connectivity index (χ1) is 12.0. The molecule has 26 heavy (non-hydrogen) atoms. The zero-order valence-corrected chi connectivity index (χ0v) is 15.1. The number of hydrogen-bond donors (Lipinski definition) is 0. The SMILES string of the molecule is Cc1nn(C)c(C)c1S(=O)(=O)N1CC(Oc2ccnc(C(F)(F)F)c2)C1. The fourth-order valence-corrected chi connectivity index (χ4v) is 4.66. The third-order valence-corrected chi connectivity index (χ3v) is 6.26. The summed E-state index contributed by atoms with van der Waals surface area (Å²) in [6.07, 6.45) is -4.08. The van der Waals surface area contributed by atoms with Crippen molar-refractivity contribution in [1.29, 1.82) is 0 Å². The van der Waals surface area contributed by atoms with Gasteiger partial charge in [-0.15, -0.1) is 0 Å². The summed E-state index contributed by atoms with van der Waals surface area (Å²) in [4.78, 5) is 3.41. The van der Waals surface area contributed by atoms with Gasteiger partial charge in [-0.05, 0) is 19.9 Å². The molecule has 3 heterocycles. The zero-order valence-electron chi connectivity index (χ0n) is 14.3. The maximum atomic E-state index is 12.7. The van der Waals surface area contributed by atoms with Gasteiger partial charge in [0.05, 0.1) is 24.5 Å². The van der Waals surface area contributed by atoms with Crippen LogP contribution in [0, 0.1) is 13.8 Å². The predicted octanol–water partition coefficient (Wildman–Crippen LogP) is 1.90. The number of halogens is 3. The molecule has 0 N–H and O–H groups in total. The molecule has 2 aromatic heterocycles. The van der Waals surface area contributed by atoms with Crippen molar-refractivity contribution >= 4 is 10.0 Å². The molecule has 142 valence electrons. The van der Waals surface area contributed by atoms with E-state index in [1.54, 1.807) is 20.9 Å². The van der Waals surface area contributed by atoms with Gasteiger partial charge in [-0.2, -0.15) is 22.6 Å². The van der Waals surface area contributed by atoms with Crippen molar-refractivity contribution in [2.75, 3.05) is 13.1 Å². The zero-order chi connectivity index (χ0) is 19.3. The minimum Gasteiger partial charge on any atom is -0.488 e. The molecular weight excluding hydrogens is 373 g/mol. The maximum Gasteiger partial charge on any atom is 0.433 e. The number of rotatable bonds is 4. The minimum absolute atomic E-state index is 0.00288. The number of alkyl halides is 3. The average molecular weight is 390 g/mol. The highest BCUT2D eigenvalue weighted by molar-refractivity contribution is 7.89. The van der Waals surface area contributed by atoms with Gasteiger partial charge in [0.2, 0.25) is 10.0 Å². The molecule has 7 nitrogen and oxygen atoms in total. The summed E-state index contributed by atoms with van der Waals surface area (Å²) in [6, 6.07) is 2.11. The largest absolute Gasteiger partial charge is 0.488 e. The molecule has 0 unspecified atom stereocenters. The second-order valence-corrected chi connectivity index (χ2v) is 7.93. The second-order valence-electron chi connectivity index (χ2n) is 6.06. The number of aryl methyl sites for hydroxylation is 2. The van der Waals surface area contributed by atoms with Crippen LogP contribution >= 0.6 is 0 Å². The Morgan fingerprint density at radius 1 is 1.27 bits per heavy atom. The summed E-state index contributed by atoms with van der Waals surface area (Å²) in [6.45, 7) is 3.39. The van der Waals surface area contributed by atoms with E-state index in [4.69, 9.17) is 4.74 Å². The second kappa shape index (κ2) is 6.23. The Balaban J connectivity index is 1.70. The van der Waals surface area contributed by atoms with Gasteiger partial charge in [0.15, 0.2) is 0 Å². The maximum absolute atomic E-state index is 12.7. The van der Waals surface area contributed by atoms with E-state index in [1.165, 1.54) is 15.1 Å². The van der Waals surface area contributed by atoms with E-state index in [0.29, 0.717) is 11.4 Å². The van der Waals surface area contributed by atoms with Gasteiger partial charge in [-0.3, -0.25) is 9.67 Å². The van der Waals surface area contributed by atoms with Gasteiger partial charge in [0.25, 0.3) is 0 Å². The van der Waals surface area contributed by atoms with Crippen LogP contribution in [0.2, 0.25) is 0 Å². The third kappa shape index (κ3) is 3.28. The van der Waals surface area contributed by atoms with Gasteiger partial charge in [0, 0.05) is 19.3 Å². The monoisotopic (exact) mass is 390 g/mol. The van der Waals surface area contributed by atoms with Gasteiger partial charge in [-0.1, -0.05) is 0 Å². The molecule has 0 bridgehead atoms. The highest BCUT2D eigenvalue weighted by Crippen LogP contribution is 2.31. The molecule has 0 radical (unpaired) electrons. The summed E-state index contributed by atoms with van der Waals surface area (Å²) in [5, 5.41) is 4.10. The van der Waals surface area contributed by atoms with E-state index in [9.17, 15) is 21.6 Å². The Morgan fingerprint density at radius 3 is 2.46 bits per heavy atom. The molecule has 1 saturated heterocycles. The van der Waals surface area contributed by atoms with E-state index >= 15 is 0 Å². The standard InChI is InChI=1S/C15H17F3N4O3S/c1-9-14(10(2)21(3)20-9)26(23,24)22-7-12(8-22)25-11-4-5-19-13(6-11)15(16,17)18/h4-6,12H,7-8H2,1-3H3. The Kier molecular flexibility index (Phi) is 4.47. The molecule has 1 aliphatic heterocycles. The van der Waals surface area contributed by atoms with Crippen molar-refractivity contribution in [3.8, 4) is 5.75 Å². The number of nitrogens with zero attached hydrogens (tertiary/aromatic N) is 4. The van der Waals surface area contributed by atoms with Crippen molar-refractivity contribution < 1.29 is 26.3 Å². The van der Waals surface area contributed by atoms with E-state index in [2.05, 4.69) is 10.1 Å². The Labute approximate surface area is 148 Å². The molecule has 0 aliphatic carbocycles. The van der Waals surface area contributed by atoms with Crippen molar-refractivity contribution in [3.63, 3.8) is 0 Å².